The molecule has 1 amide bonds. The van der Waals surface area contributed by atoms with Crippen molar-refractivity contribution < 1.29 is 33.9 Å². The molecule has 2 atom stereocenters. The van der Waals surface area contributed by atoms with Crippen molar-refractivity contribution in [2.75, 3.05) is 23.4 Å². The Morgan fingerprint density at radius 2 is 2.16 bits per heavy atom. The second kappa shape index (κ2) is 11.5. The van der Waals surface area contributed by atoms with Crippen molar-refractivity contribution in [1.82, 2.24) is 15.1 Å². The summed E-state index contributed by atoms with van der Waals surface area (Å²) in [4.78, 5) is 38.0. The highest BCUT2D eigenvalue weighted by atomic mass is 35.6. The van der Waals surface area contributed by atoms with Gasteiger partial charge >= 0.3 is 5.97 Å². The number of carbonyl (C=O) groups excluding carboxylic acids is 2. The number of nitrogens with zero attached hydrogens (tertiary/aromatic N) is 4. The number of alkyl halides is 3. The average molecular weight is 627 g/mol. The van der Waals surface area contributed by atoms with Crippen molar-refractivity contribution >= 4 is 93.2 Å². The quantitative estimate of drug-likeness (QED) is 0.172. The maximum Gasteiger partial charge on any atom is 0.343 e. The van der Waals surface area contributed by atoms with Gasteiger partial charge in [0.25, 0.3) is 12.6 Å². The number of halogens is 3. The minimum absolute atomic E-state index is 0.0692. The molecule has 37 heavy (non-hydrogen) atoms. The van der Waals surface area contributed by atoms with Crippen LogP contribution in [-0.4, -0.2) is 71.4 Å². The number of aliphatic carboxylic acids is 1. The van der Waals surface area contributed by atoms with Crippen LogP contribution in [0.2, 0.25) is 0 Å². The van der Waals surface area contributed by atoms with Gasteiger partial charge in [0.2, 0.25) is 3.79 Å². The van der Waals surface area contributed by atoms with Gasteiger partial charge in [-0.2, -0.15) is 4.57 Å². The number of amides is 1. The molecule has 1 fully saturated rings. The molecule has 0 aliphatic carbocycles. The van der Waals surface area contributed by atoms with Gasteiger partial charge in [-0.1, -0.05) is 57.9 Å². The fraction of sp³-hybridized carbons (Fsp3) is 0.400. The number of aromatic nitrogens is 3. The maximum absolute atomic E-state index is 13.0. The average Bonchev–Trinajstić information content (AvgIpc) is 3.24. The first-order valence-corrected chi connectivity index (χ1v) is 14.4. The lowest BCUT2D eigenvalue weighted by molar-refractivity contribution is -0.732. The first-order valence-electron chi connectivity index (χ1n) is 10.4. The third-order valence-electron chi connectivity index (χ3n) is 5.18. The lowest BCUT2D eigenvalue weighted by atomic mass is 10.0. The van der Waals surface area contributed by atoms with Gasteiger partial charge in [0.15, 0.2) is 16.7 Å². The molecule has 17 heteroatoms. The Bertz CT molecular complexity index is 1270. The molecule has 0 aromatic carbocycles. The highest BCUT2D eigenvalue weighted by Gasteiger charge is 2.52. The molecule has 2 aromatic rings. The molecule has 1 saturated heterocycles. The molecule has 0 unspecified atom stereocenters. The molecule has 0 radical (unpaired) electrons. The number of pyridine rings is 1. The lowest BCUT2D eigenvalue weighted by Crippen LogP contribution is -2.68. The van der Waals surface area contributed by atoms with Crippen molar-refractivity contribution in [3.05, 3.63) is 40.3 Å². The van der Waals surface area contributed by atoms with E-state index in [1.54, 1.807) is 6.20 Å². The molecule has 2 aliphatic heterocycles. The number of thioether (sulfide) groups is 2. The number of fused-ring (bicyclic) bond motifs is 1. The molecular weight excluding hydrogens is 609 g/mol. The summed E-state index contributed by atoms with van der Waals surface area (Å²) in [5.74, 6) is -2.49. The van der Waals surface area contributed by atoms with E-state index in [2.05, 4.69) is 15.5 Å². The van der Waals surface area contributed by atoms with Crippen LogP contribution < -0.4 is 15.0 Å². The highest BCUT2D eigenvalue weighted by Crippen LogP contribution is 2.42. The van der Waals surface area contributed by atoms with Crippen molar-refractivity contribution in [1.29, 1.82) is 0 Å². The normalized spacial score (nSPS) is 19.5. The van der Waals surface area contributed by atoms with Gasteiger partial charge in [0, 0.05) is 17.6 Å². The Morgan fingerprint density at radius 1 is 1.41 bits per heavy atom. The van der Waals surface area contributed by atoms with Crippen LogP contribution in [0.4, 0.5) is 5.69 Å². The number of hydrogen-bond donors (Lipinski definition) is 2. The van der Waals surface area contributed by atoms with Crippen molar-refractivity contribution in [2.45, 2.75) is 33.2 Å². The summed E-state index contributed by atoms with van der Waals surface area (Å²) in [6.45, 7) is 1.55. The Kier molecular flexibility index (Phi) is 8.78. The molecule has 11 nitrogen and oxygen atoms in total. The summed E-state index contributed by atoms with van der Waals surface area (Å²) < 4.78 is 5.80. The van der Waals surface area contributed by atoms with Crippen molar-refractivity contribution in [2.24, 2.45) is 0 Å². The number of ether oxygens (including phenoxy) is 1. The lowest BCUT2D eigenvalue weighted by Gasteiger charge is -2.51. The summed E-state index contributed by atoms with van der Waals surface area (Å²) in [5, 5.41) is 32.8. The molecule has 2 N–H and O–H groups in total. The fourth-order valence-electron chi connectivity index (χ4n) is 3.62. The van der Waals surface area contributed by atoms with Crippen molar-refractivity contribution in [3.8, 4) is 0 Å². The van der Waals surface area contributed by atoms with E-state index in [-0.39, 0.29) is 30.3 Å². The summed E-state index contributed by atoms with van der Waals surface area (Å²) in [5.41, 5.74) is 0.464. The Hall–Kier alpha value is -1.81. The molecule has 4 rings (SSSR count). The van der Waals surface area contributed by atoms with Crippen LogP contribution in [0.5, 0.6) is 0 Å². The largest absolute Gasteiger partial charge is 0.543 e. The van der Waals surface area contributed by atoms with Crippen LogP contribution >= 0.6 is 69.7 Å². The van der Waals surface area contributed by atoms with Crippen molar-refractivity contribution in [3.63, 3.8) is 0 Å². The number of rotatable bonds is 10. The molecule has 2 aromatic heterocycles. The van der Waals surface area contributed by atoms with Gasteiger partial charge in [0.05, 0.1) is 17.4 Å². The van der Waals surface area contributed by atoms with E-state index in [1.165, 1.54) is 56.6 Å². The van der Waals surface area contributed by atoms with Crippen LogP contribution in [-0.2, 0) is 21.1 Å². The summed E-state index contributed by atoms with van der Waals surface area (Å²) in [7, 11) is 0. The molecule has 0 bridgehead atoms. The molecule has 0 saturated carbocycles. The number of β-lactam (4-membered cyclic amide) rings is 1. The van der Waals surface area contributed by atoms with Gasteiger partial charge in [-0.3, -0.25) is 9.69 Å². The minimum Gasteiger partial charge on any atom is -0.543 e. The zero-order chi connectivity index (χ0) is 26.9. The molecular formula is C20H18Cl3N5O6S3. The first kappa shape index (κ1) is 28.2. The number of carboxylic acids is 2. The molecule has 0 spiro atoms. The number of aryl methyl sites for hydroxylation is 1. The van der Waals surface area contributed by atoms with Gasteiger partial charge in [-0.05, 0) is 12.5 Å². The van der Waals surface area contributed by atoms with Gasteiger partial charge < -0.3 is 25.1 Å². The van der Waals surface area contributed by atoms with Crippen LogP contribution in [0, 0.1) is 6.92 Å². The topological polar surface area (TPSA) is 149 Å². The third kappa shape index (κ3) is 6.61. The van der Waals surface area contributed by atoms with E-state index in [9.17, 15) is 24.6 Å². The maximum atomic E-state index is 13.0. The number of nitrogens with one attached hydrogen (secondary N) is 1. The van der Waals surface area contributed by atoms with Gasteiger partial charge in [0.1, 0.15) is 28.6 Å². The SMILES string of the molecule is Cc1nnc(SCC2=C(C(=O)[O-])N3C(=O)[C@@H](Nc4cc[n+](COCC(Cl)(Cl)Cl)cc4C(=O)O)[C@H]3SC2)s1. The van der Waals surface area contributed by atoms with Gasteiger partial charge in [-0.25, -0.2) is 4.79 Å². The fourth-order valence-corrected chi connectivity index (χ4v) is 7.15. The number of carboxylic acid groups (broad SMARTS) is 2. The third-order valence-corrected chi connectivity index (χ3v) is 8.91. The summed E-state index contributed by atoms with van der Waals surface area (Å²) in [6.07, 6.45) is 2.86. The van der Waals surface area contributed by atoms with E-state index in [0.29, 0.717) is 21.4 Å². The molecule has 2 aliphatic rings. The summed E-state index contributed by atoms with van der Waals surface area (Å²) in [6, 6.07) is 0.654. The standard InChI is InChI=1S/C20H18Cl3N5O6S3/c1-9-25-26-19(37-9)36-6-10-5-35-16-13(15(29)28(16)14(10)18(32)33)24-12-2-3-27(4-11(12)17(30)31)8-34-7-20(21,22)23/h2-4,13,16H,5-8H2,1H3,(H2,30,31,32,33)/t13-,16-/m1/s1. The summed E-state index contributed by atoms with van der Waals surface area (Å²) >= 11 is 21.1. The van der Waals surface area contributed by atoms with E-state index >= 15 is 0 Å². The van der Waals surface area contributed by atoms with Gasteiger partial charge in [-0.15, -0.1) is 22.0 Å². The predicted molar refractivity (Wildman–Crippen MR) is 138 cm³/mol. The monoisotopic (exact) mass is 625 g/mol. The number of aromatic carboxylic acids is 1. The van der Waals surface area contributed by atoms with E-state index in [1.807, 2.05) is 6.92 Å². The number of hydrogen-bond acceptors (Lipinski definition) is 11. The second-order valence-electron chi connectivity index (χ2n) is 7.83. The molecule has 4 heterocycles. The minimum atomic E-state index is -1.61. The van der Waals surface area contributed by atoms with Crippen LogP contribution in [0.3, 0.4) is 0 Å². The number of anilines is 1. The number of carbonyl (C=O) groups is 3. The molecule has 198 valence electrons. The van der Waals surface area contributed by atoms with E-state index < -0.39 is 33.1 Å². The highest BCUT2D eigenvalue weighted by molar-refractivity contribution is 8.01. The Balaban J connectivity index is 1.47. The second-order valence-corrected chi connectivity index (χ2v) is 13.9. The Labute approximate surface area is 238 Å². The Morgan fingerprint density at radius 3 is 2.78 bits per heavy atom. The van der Waals surface area contributed by atoms with Crippen LogP contribution in [0.25, 0.3) is 0 Å². The van der Waals surface area contributed by atoms with Crippen LogP contribution in [0.15, 0.2) is 34.1 Å². The zero-order valence-corrected chi connectivity index (χ0v) is 23.6. The smallest absolute Gasteiger partial charge is 0.343 e. The van der Waals surface area contributed by atoms with Crippen LogP contribution in [0.1, 0.15) is 15.4 Å². The predicted octanol–water partition coefficient (Wildman–Crippen LogP) is 1.67. The zero-order valence-electron chi connectivity index (χ0n) is 18.9. The van der Waals surface area contributed by atoms with E-state index in [0.717, 1.165) is 5.01 Å². The van der Waals surface area contributed by atoms with E-state index in [4.69, 9.17) is 39.5 Å². The first-order chi connectivity index (χ1) is 17.4.